The van der Waals surface area contributed by atoms with Crippen LogP contribution < -0.4 is 24.8 Å². The number of ether oxygens (including phenoxy) is 3. The Kier molecular flexibility index (Phi) is 8.05. The molecule has 0 fully saturated rings. The molecule has 9 heteroatoms. The zero-order valence-electron chi connectivity index (χ0n) is 20.9. The van der Waals surface area contributed by atoms with Gasteiger partial charge in [-0.3, -0.25) is 9.59 Å². The zero-order valence-corrected chi connectivity index (χ0v) is 20.9. The van der Waals surface area contributed by atoms with Gasteiger partial charge in [-0.25, -0.2) is 4.98 Å². The van der Waals surface area contributed by atoms with Gasteiger partial charge in [-0.15, -0.1) is 0 Å². The number of benzene rings is 3. The lowest BCUT2D eigenvalue weighted by Crippen LogP contribution is -2.14. The minimum Gasteiger partial charge on any atom is -0.497 e. The molecule has 0 spiro atoms. The Morgan fingerprint density at radius 2 is 1.57 bits per heavy atom. The van der Waals surface area contributed by atoms with Crippen molar-refractivity contribution in [2.75, 3.05) is 32.0 Å². The number of hydrogen-bond acceptors (Lipinski definition) is 6. The number of nitrogens with zero attached hydrogens (tertiary/aromatic N) is 2. The zero-order chi connectivity index (χ0) is 26.2. The normalized spacial score (nSPS) is 10.5. The van der Waals surface area contributed by atoms with E-state index in [1.165, 1.54) is 7.11 Å². The van der Waals surface area contributed by atoms with Crippen LogP contribution in [0.5, 0.6) is 17.2 Å². The van der Waals surface area contributed by atoms with Crippen LogP contribution in [0.25, 0.3) is 0 Å². The molecule has 4 aromatic rings. The number of nitrogens with one attached hydrogen (secondary N) is 2. The lowest BCUT2D eigenvalue weighted by Gasteiger charge is -2.10. The molecule has 2 N–H and O–H groups in total. The Morgan fingerprint density at radius 3 is 2.30 bits per heavy atom. The summed E-state index contributed by atoms with van der Waals surface area (Å²) in [5, 5.41) is 5.72. The smallest absolute Gasteiger partial charge is 0.275 e. The molecule has 0 unspecified atom stereocenters. The van der Waals surface area contributed by atoms with Crippen molar-refractivity contribution in [3.05, 3.63) is 96.1 Å². The molecule has 1 heterocycles. The molecule has 0 aliphatic rings. The second-order valence-corrected chi connectivity index (χ2v) is 8.23. The van der Waals surface area contributed by atoms with Crippen molar-refractivity contribution in [2.45, 2.75) is 13.0 Å². The summed E-state index contributed by atoms with van der Waals surface area (Å²) < 4.78 is 17.5. The van der Waals surface area contributed by atoms with Gasteiger partial charge in [-0.05, 0) is 47.5 Å². The molecular formula is C28H28N4O5. The monoisotopic (exact) mass is 500 g/mol. The molecule has 1 aromatic heterocycles. The summed E-state index contributed by atoms with van der Waals surface area (Å²) in [7, 11) is 4.68. The van der Waals surface area contributed by atoms with Gasteiger partial charge in [0.2, 0.25) is 5.91 Å². The molecule has 0 aliphatic heterocycles. The Labute approximate surface area is 215 Å². The van der Waals surface area contributed by atoms with E-state index in [2.05, 4.69) is 15.6 Å². The summed E-state index contributed by atoms with van der Waals surface area (Å²) in [4.78, 5) is 29.3. The molecule has 9 nitrogen and oxygen atoms in total. The van der Waals surface area contributed by atoms with Crippen LogP contribution in [0.3, 0.4) is 0 Å². The van der Waals surface area contributed by atoms with Crippen LogP contribution >= 0.6 is 0 Å². The van der Waals surface area contributed by atoms with E-state index < -0.39 is 0 Å². The minimum absolute atomic E-state index is 0.110. The number of aromatic nitrogens is 2. The lowest BCUT2D eigenvalue weighted by atomic mass is 10.1. The van der Waals surface area contributed by atoms with Crippen LogP contribution in [0, 0.1) is 0 Å². The van der Waals surface area contributed by atoms with Crippen molar-refractivity contribution in [1.29, 1.82) is 0 Å². The lowest BCUT2D eigenvalue weighted by molar-refractivity contribution is -0.115. The Hall–Kier alpha value is -4.79. The summed E-state index contributed by atoms with van der Waals surface area (Å²) in [6, 6.07) is 20.1. The van der Waals surface area contributed by atoms with Crippen LogP contribution in [-0.2, 0) is 17.8 Å². The molecule has 0 radical (unpaired) electrons. The highest BCUT2D eigenvalue weighted by molar-refractivity contribution is 6.02. The van der Waals surface area contributed by atoms with Gasteiger partial charge >= 0.3 is 0 Å². The summed E-state index contributed by atoms with van der Waals surface area (Å²) in [5.41, 5.74) is 3.43. The molecule has 0 saturated carbocycles. The van der Waals surface area contributed by atoms with Gasteiger partial charge in [-0.1, -0.05) is 24.3 Å². The summed E-state index contributed by atoms with van der Waals surface area (Å²) in [6.07, 6.45) is 3.54. The number of amides is 2. The van der Waals surface area contributed by atoms with Gasteiger partial charge in [0.15, 0.2) is 11.5 Å². The van der Waals surface area contributed by atoms with E-state index in [1.54, 1.807) is 44.9 Å². The van der Waals surface area contributed by atoms with Crippen molar-refractivity contribution in [3.8, 4) is 17.2 Å². The van der Waals surface area contributed by atoms with Crippen molar-refractivity contribution < 1.29 is 23.8 Å². The molecule has 0 atom stereocenters. The van der Waals surface area contributed by atoms with Crippen LogP contribution in [0.2, 0.25) is 0 Å². The Bertz CT molecular complexity index is 1380. The van der Waals surface area contributed by atoms with E-state index in [4.69, 9.17) is 14.2 Å². The number of carbonyl (C=O) groups is 2. The topological polar surface area (TPSA) is 104 Å². The quantitative estimate of drug-likeness (QED) is 0.335. The van der Waals surface area contributed by atoms with Crippen molar-refractivity contribution in [3.63, 3.8) is 0 Å². The molecule has 0 aliphatic carbocycles. The molecule has 2 amide bonds. The first-order valence-corrected chi connectivity index (χ1v) is 11.5. The third-order valence-electron chi connectivity index (χ3n) is 5.61. The number of methoxy groups -OCH3 is 3. The summed E-state index contributed by atoms with van der Waals surface area (Å²) in [6.45, 7) is 0.522. The molecule has 0 saturated heterocycles. The molecule has 0 bridgehead atoms. The summed E-state index contributed by atoms with van der Waals surface area (Å²) >= 11 is 0. The highest BCUT2D eigenvalue weighted by Gasteiger charge is 2.12. The highest BCUT2D eigenvalue weighted by atomic mass is 16.5. The molecule has 4 rings (SSSR count). The molecule has 37 heavy (non-hydrogen) atoms. The maximum absolute atomic E-state index is 12.6. The van der Waals surface area contributed by atoms with E-state index in [0.717, 1.165) is 16.9 Å². The van der Waals surface area contributed by atoms with Crippen molar-refractivity contribution >= 4 is 23.2 Å². The SMILES string of the molecule is COc1cccc(CC(=O)Nc2ccc(Cn3cnc(C(=O)Nc4ccc(OC)c(OC)c4)c3)cc2)c1. The first kappa shape index (κ1) is 25.3. The van der Waals surface area contributed by atoms with Gasteiger partial charge in [-0.2, -0.15) is 0 Å². The third-order valence-corrected chi connectivity index (χ3v) is 5.61. The maximum atomic E-state index is 12.6. The predicted octanol–water partition coefficient (Wildman–Crippen LogP) is 4.39. The third kappa shape index (κ3) is 6.66. The van der Waals surface area contributed by atoms with Gasteiger partial charge < -0.3 is 29.4 Å². The van der Waals surface area contributed by atoms with E-state index in [9.17, 15) is 9.59 Å². The minimum atomic E-state index is -0.333. The van der Waals surface area contributed by atoms with Gasteiger partial charge in [0.05, 0.1) is 34.1 Å². The fraction of sp³-hybridized carbons (Fsp3) is 0.179. The van der Waals surface area contributed by atoms with Crippen LogP contribution in [-0.4, -0.2) is 42.7 Å². The Balaban J connectivity index is 1.32. The second kappa shape index (κ2) is 11.8. The Morgan fingerprint density at radius 1 is 0.811 bits per heavy atom. The van der Waals surface area contributed by atoms with Crippen molar-refractivity contribution in [1.82, 2.24) is 9.55 Å². The second-order valence-electron chi connectivity index (χ2n) is 8.23. The predicted molar refractivity (Wildman–Crippen MR) is 141 cm³/mol. The number of anilines is 2. The van der Waals surface area contributed by atoms with Crippen LogP contribution in [0.15, 0.2) is 79.3 Å². The van der Waals surface area contributed by atoms with E-state index >= 15 is 0 Å². The molecule has 3 aromatic carbocycles. The van der Waals surface area contributed by atoms with Gasteiger partial charge in [0.1, 0.15) is 11.4 Å². The average molecular weight is 501 g/mol. The number of carbonyl (C=O) groups excluding carboxylic acids is 2. The fourth-order valence-electron chi connectivity index (χ4n) is 3.75. The van der Waals surface area contributed by atoms with Gasteiger partial charge in [0, 0.05) is 30.2 Å². The molecular weight excluding hydrogens is 472 g/mol. The largest absolute Gasteiger partial charge is 0.497 e. The fourth-order valence-corrected chi connectivity index (χ4v) is 3.75. The average Bonchev–Trinajstić information content (AvgIpc) is 3.38. The number of rotatable bonds is 10. The van der Waals surface area contributed by atoms with Gasteiger partial charge in [0.25, 0.3) is 5.91 Å². The highest BCUT2D eigenvalue weighted by Crippen LogP contribution is 2.29. The van der Waals surface area contributed by atoms with Crippen LogP contribution in [0.4, 0.5) is 11.4 Å². The van der Waals surface area contributed by atoms with E-state index in [0.29, 0.717) is 29.4 Å². The number of imidazole rings is 1. The standard InChI is InChI=1S/C28H28N4O5/c1-35-23-6-4-5-20(13-23)14-27(33)30-21-9-7-19(8-10-21)16-32-17-24(29-18-32)28(34)31-22-11-12-25(36-2)26(15-22)37-3/h4-13,15,17-18H,14,16H2,1-3H3,(H,30,33)(H,31,34). The first-order valence-electron chi connectivity index (χ1n) is 11.5. The number of hydrogen-bond donors (Lipinski definition) is 2. The maximum Gasteiger partial charge on any atom is 0.275 e. The van der Waals surface area contributed by atoms with E-state index in [1.807, 2.05) is 53.1 Å². The van der Waals surface area contributed by atoms with Crippen molar-refractivity contribution in [2.24, 2.45) is 0 Å². The molecule has 190 valence electrons. The first-order chi connectivity index (χ1) is 18.0. The van der Waals surface area contributed by atoms with E-state index in [-0.39, 0.29) is 23.9 Å². The van der Waals surface area contributed by atoms with Crippen LogP contribution in [0.1, 0.15) is 21.6 Å². The summed E-state index contributed by atoms with van der Waals surface area (Å²) in [5.74, 6) is 1.37.